The highest BCUT2D eigenvalue weighted by atomic mass is 31.2. The number of rotatable bonds is 12. The van der Waals surface area contributed by atoms with Gasteiger partial charge in [0.1, 0.15) is 13.2 Å². The van der Waals surface area contributed by atoms with E-state index in [1.807, 2.05) is 0 Å². The van der Waals surface area contributed by atoms with Crippen LogP contribution in [0.3, 0.4) is 0 Å². The van der Waals surface area contributed by atoms with E-state index >= 15 is 0 Å². The van der Waals surface area contributed by atoms with Crippen LogP contribution in [0.2, 0.25) is 0 Å². The van der Waals surface area contributed by atoms with Crippen LogP contribution < -0.4 is 0 Å². The maximum Gasteiger partial charge on any atom is 0.496 e. The second-order valence-electron chi connectivity index (χ2n) is 2.99. The van der Waals surface area contributed by atoms with Crippen molar-refractivity contribution in [3.63, 3.8) is 0 Å². The molecule has 0 aliphatic carbocycles. The monoisotopic (exact) mass is 283 g/mol. The Morgan fingerprint density at radius 2 is 1.28 bits per heavy atom. The average molecular weight is 283 g/mol. The summed E-state index contributed by atoms with van der Waals surface area (Å²) in [5.74, 6) is 0. The first-order chi connectivity index (χ1) is 8.68. The molecule has 0 unspecified atom stereocenters. The van der Waals surface area contributed by atoms with Crippen LogP contribution in [0.1, 0.15) is 0 Å². The first kappa shape index (κ1) is 17.7. The fraction of sp³-hybridized carbons (Fsp3) is 0.800. The molecule has 0 aromatic carbocycles. The molecule has 7 nitrogen and oxygen atoms in total. The minimum Gasteiger partial charge on any atom is -0.394 e. The summed E-state index contributed by atoms with van der Waals surface area (Å²) >= 11 is 0. The smallest absolute Gasteiger partial charge is 0.394 e. The highest BCUT2D eigenvalue weighted by Gasteiger charge is 2.39. The molecule has 0 radical (unpaired) electrons. The summed E-state index contributed by atoms with van der Waals surface area (Å²) in [6.07, 6.45) is 5.13. The van der Waals surface area contributed by atoms with E-state index in [4.69, 9.17) is 35.2 Å². The van der Waals surface area contributed by atoms with Crippen molar-refractivity contribution in [3.8, 4) is 12.1 Å². The lowest BCUT2D eigenvalue weighted by atomic mass is 10.7. The van der Waals surface area contributed by atoms with E-state index in [1.54, 1.807) is 0 Å². The third kappa shape index (κ3) is 9.71. The number of aliphatic hydroxyl groups is 2. The second kappa shape index (κ2) is 11.8. The van der Waals surface area contributed by atoms with E-state index in [0.29, 0.717) is 0 Å². The zero-order valence-electron chi connectivity index (χ0n) is 10.2. The van der Waals surface area contributed by atoms with Crippen molar-refractivity contribution in [2.75, 3.05) is 52.9 Å². The molecule has 0 aliphatic heterocycles. The van der Waals surface area contributed by atoms with Gasteiger partial charge in [0.05, 0.1) is 39.6 Å². The topological polar surface area (TPSA) is 97.6 Å². The fourth-order valence-electron chi connectivity index (χ4n) is 0.885. The molecule has 0 saturated carbocycles. The Hall–Kier alpha value is -0.290. The molecule has 8 heteroatoms. The van der Waals surface area contributed by atoms with Crippen molar-refractivity contribution < 1.29 is 33.6 Å². The van der Waals surface area contributed by atoms with Gasteiger partial charge in [0.2, 0.25) is 0 Å². The Morgan fingerprint density at radius 3 is 1.61 bits per heavy atom. The summed E-state index contributed by atoms with van der Waals surface area (Å²) in [5.41, 5.74) is 2.07. The fourth-order valence-corrected chi connectivity index (χ4v) is 1.75. The number of aliphatic hydroxyl groups excluding tert-OH is 2. The number of ether oxygens (including phenoxy) is 2. The second-order valence-corrected chi connectivity index (χ2v) is 4.80. The van der Waals surface area contributed by atoms with Crippen LogP contribution in [-0.2, 0) is 18.5 Å². The molecule has 0 aromatic heterocycles. The molecule has 3 N–H and O–H groups in total. The van der Waals surface area contributed by atoms with Gasteiger partial charge in [-0.15, -0.1) is 0 Å². The van der Waals surface area contributed by atoms with Gasteiger partial charge in [-0.1, -0.05) is 6.42 Å². The molecular formula is C10H20O7P+. The third-order valence-electron chi connectivity index (χ3n) is 1.62. The summed E-state index contributed by atoms with van der Waals surface area (Å²) in [6, 6.07) is 0. The van der Waals surface area contributed by atoms with E-state index in [-0.39, 0.29) is 52.9 Å². The van der Waals surface area contributed by atoms with Crippen molar-refractivity contribution in [3.05, 3.63) is 0 Å². The lowest BCUT2D eigenvalue weighted by molar-refractivity contribution is 0.0491. The lowest BCUT2D eigenvalue weighted by Gasteiger charge is -2.10. The standard InChI is InChI=1S/C10H20O7P/c1-2-18(13,16-9-7-14-5-3-11)17-10-8-15-6-4-12/h1,11-13H,3-10H2/q+1. The minimum atomic E-state index is -3.30. The Labute approximate surface area is 107 Å². The number of hydrogen-bond acceptors (Lipinski definition) is 7. The Kier molecular flexibility index (Phi) is 11.6. The van der Waals surface area contributed by atoms with E-state index < -0.39 is 7.94 Å². The molecule has 0 saturated heterocycles. The number of hydrogen-bond donors (Lipinski definition) is 3. The van der Waals surface area contributed by atoms with Gasteiger partial charge in [-0.2, -0.15) is 13.9 Å². The van der Waals surface area contributed by atoms with Crippen LogP contribution in [-0.4, -0.2) is 68.0 Å². The van der Waals surface area contributed by atoms with E-state index in [9.17, 15) is 4.89 Å². The van der Waals surface area contributed by atoms with Crippen molar-refractivity contribution in [1.82, 2.24) is 0 Å². The predicted octanol–water partition coefficient (Wildman–Crippen LogP) is -0.617. The predicted molar refractivity (Wildman–Crippen MR) is 65.7 cm³/mol. The van der Waals surface area contributed by atoms with Crippen molar-refractivity contribution >= 4 is 7.94 Å². The van der Waals surface area contributed by atoms with Crippen LogP contribution >= 0.6 is 7.94 Å². The molecule has 0 bridgehead atoms. The summed E-state index contributed by atoms with van der Waals surface area (Å²) in [4.78, 5) is 9.75. The van der Waals surface area contributed by atoms with Gasteiger partial charge in [-0.3, -0.25) is 0 Å². The van der Waals surface area contributed by atoms with Crippen molar-refractivity contribution in [1.29, 1.82) is 0 Å². The van der Waals surface area contributed by atoms with Crippen molar-refractivity contribution in [2.24, 2.45) is 0 Å². The Bertz CT molecular complexity index is 217. The largest absolute Gasteiger partial charge is 0.496 e. The van der Waals surface area contributed by atoms with Gasteiger partial charge in [-0.05, 0) is 0 Å². The SMILES string of the molecule is C#C[P+](O)(OCCOCCO)OCCOCCO. The summed E-state index contributed by atoms with van der Waals surface area (Å²) in [6.45, 7) is 0.806. The Balaban J connectivity index is 3.65. The first-order valence-corrected chi connectivity index (χ1v) is 7.02. The first-order valence-electron chi connectivity index (χ1n) is 5.44. The highest BCUT2D eigenvalue weighted by molar-refractivity contribution is 7.65. The summed E-state index contributed by atoms with van der Waals surface area (Å²) < 4.78 is 19.9. The molecule has 0 atom stereocenters. The van der Waals surface area contributed by atoms with Crippen LogP contribution in [0.4, 0.5) is 0 Å². The Morgan fingerprint density at radius 1 is 0.833 bits per heavy atom. The molecule has 0 heterocycles. The molecule has 0 amide bonds. The number of terminal acetylenes is 1. The molecule has 0 rings (SSSR count). The van der Waals surface area contributed by atoms with Crippen LogP contribution in [0.5, 0.6) is 0 Å². The molecule has 0 aliphatic rings. The highest BCUT2D eigenvalue weighted by Crippen LogP contribution is 2.55. The van der Waals surface area contributed by atoms with Crippen LogP contribution in [0, 0.1) is 12.1 Å². The van der Waals surface area contributed by atoms with E-state index in [0.717, 1.165) is 0 Å². The molecule has 106 valence electrons. The maximum absolute atomic E-state index is 9.75. The van der Waals surface area contributed by atoms with Crippen LogP contribution in [0.15, 0.2) is 0 Å². The normalized spacial score (nSPS) is 11.4. The summed E-state index contributed by atoms with van der Waals surface area (Å²) in [5, 5.41) is 16.9. The van der Waals surface area contributed by atoms with Gasteiger partial charge in [0.25, 0.3) is 0 Å². The lowest BCUT2D eigenvalue weighted by Crippen LogP contribution is -2.12. The molecule has 0 fully saturated rings. The zero-order valence-corrected chi connectivity index (χ0v) is 11.1. The summed E-state index contributed by atoms with van der Waals surface area (Å²) in [7, 11) is -3.30. The van der Waals surface area contributed by atoms with E-state index in [1.165, 1.54) is 0 Å². The molecule has 0 aromatic rings. The van der Waals surface area contributed by atoms with Crippen LogP contribution in [0.25, 0.3) is 0 Å². The molecule has 0 spiro atoms. The quantitative estimate of drug-likeness (QED) is 0.249. The van der Waals surface area contributed by atoms with Gasteiger partial charge < -0.3 is 19.7 Å². The zero-order chi connectivity index (χ0) is 13.7. The van der Waals surface area contributed by atoms with Gasteiger partial charge in [0, 0.05) is 0 Å². The average Bonchev–Trinajstić information content (AvgIpc) is 2.38. The van der Waals surface area contributed by atoms with Gasteiger partial charge >= 0.3 is 7.94 Å². The van der Waals surface area contributed by atoms with Gasteiger partial charge in [0.15, 0.2) is 5.66 Å². The maximum atomic E-state index is 9.75. The molecule has 18 heavy (non-hydrogen) atoms. The van der Waals surface area contributed by atoms with Gasteiger partial charge in [-0.25, -0.2) is 0 Å². The molecular weight excluding hydrogens is 263 g/mol. The van der Waals surface area contributed by atoms with Crippen molar-refractivity contribution in [2.45, 2.75) is 0 Å². The van der Waals surface area contributed by atoms with E-state index in [2.05, 4.69) is 5.66 Å². The minimum absolute atomic E-state index is 0.0754. The third-order valence-corrected chi connectivity index (χ3v) is 3.01.